The third-order valence-corrected chi connectivity index (χ3v) is 16.3. The van der Waals surface area contributed by atoms with Gasteiger partial charge in [-0.3, -0.25) is 0 Å². The van der Waals surface area contributed by atoms with Crippen molar-refractivity contribution >= 4 is 44.9 Å². The van der Waals surface area contributed by atoms with Gasteiger partial charge in [0.2, 0.25) is 0 Å². The largest absolute Gasteiger partial charge is 0.310 e. The van der Waals surface area contributed by atoms with Gasteiger partial charge < -0.3 is 9.80 Å². The number of fused-ring (bicyclic) bond motifs is 14. The number of anilines is 6. The smallest absolute Gasteiger partial charge is 0.0726 e. The van der Waals surface area contributed by atoms with Crippen molar-refractivity contribution < 1.29 is 0 Å². The van der Waals surface area contributed by atoms with Gasteiger partial charge in [0, 0.05) is 39.4 Å². The molecule has 346 valence electrons. The third-order valence-electron chi connectivity index (χ3n) is 16.3. The van der Waals surface area contributed by atoms with E-state index < -0.39 is 10.8 Å². The number of rotatable bonds is 8. The van der Waals surface area contributed by atoms with Crippen LogP contribution in [-0.2, 0) is 10.8 Å². The molecule has 3 aliphatic carbocycles. The highest BCUT2D eigenvalue weighted by molar-refractivity contribution is 6.12. The summed E-state index contributed by atoms with van der Waals surface area (Å²) < 4.78 is 0. The molecule has 15 rings (SSSR count). The van der Waals surface area contributed by atoms with Crippen LogP contribution < -0.4 is 9.80 Å². The molecule has 0 aromatic heterocycles. The topological polar surface area (TPSA) is 6.48 Å². The van der Waals surface area contributed by atoms with E-state index in [0.717, 1.165) is 28.4 Å². The van der Waals surface area contributed by atoms with Crippen molar-refractivity contribution in [2.24, 2.45) is 0 Å². The molecule has 0 radical (unpaired) electrons. The maximum atomic E-state index is 2.57. The number of hydrogen-bond donors (Lipinski definition) is 0. The first-order valence-corrected chi connectivity index (χ1v) is 25.8. The Morgan fingerprint density at radius 2 is 0.649 bits per heavy atom. The number of hydrogen-bond acceptors (Lipinski definition) is 2. The van der Waals surface area contributed by atoms with Crippen molar-refractivity contribution in [1.29, 1.82) is 0 Å². The van der Waals surface area contributed by atoms with E-state index in [0.29, 0.717) is 0 Å². The van der Waals surface area contributed by atoms with Gasteiger partial charge >= 0.3 is 0 Å². The first-order chi connectivity index (χ1) is 36.7. The van der Waals surface area contributed by atoms with E-state index >= 15 is 0 Å². The fourth-order valence-corrected chi connectivity index (χ4v) is 13.5. The SMILES string of the molecule is c1ccc(N(c2ccccc2)c2ccc3c(c2)-c2ccccc2C32c3ccccc3-c3c2cc2ccccc2c3N(c2ccccc2)c2ccc3c(c2)C(c2ccccc2)(c2ccccc2)c2ccccc2-3)cc1. The van der Waals surface area contributed by atoms with Crippen LogP contribution in [-0.4, -0.2) is 0 Å². The van der Waals surface area contributed by atoms with Gasteiger partial charge in [-0.05, 0) is 144 Å². The summed E-state index contributed by atoms with van der Waals surface area (Å²) >= 11 is 0. The highest BCUT2D eigenvalue weighted by Crippen LogP contribution is 2.67. The minimum Gasteiger partial charge on any atom is -0.310 e. The molecule has 0 fully saturated rings. The summed E-state index contributed by atoms with van der Waals surface area (Å²) in [5.74, 6) is 0. The zero-order valence-electron chi connectivity index (χ0n) is 40.6. The Kier molecular flexibility index (Phi) is 9.43. The molecule has 2 nitrogen and oxygen atoms in total. The molecule has 0 bridgehead atoms. The first kappa shape index (κ1) is 42.2. The molecule has 0 N–H and O–H groups in total. The zero-order chi connectivity index (χ0) is 48.8. The highest BCUT2D eigenvalue weighted by atomic mass is 15.2. The summed E-state index contributed by atoms with van der Waals surface area (Å²) in [6, 6.07) is 108. The monoisotopic (exact) mass is 940 g/mol. The van der Waals surface area contributed by atoms with Crippen molar-refractivity contribution in [2.75, 3.05) is 9.80 Å². The molecule has 1 unspecified atom stereocenters. The summed E-state index contributed by atoms with van der Waals surface area (Å²) in [6.45, 7) is 0. The van der Waals surface area contributed by atoms with Crippen molar-refractivity contribution in [3.8, 4) is 33.4 Å². The molecule has 1 spiro atoms. The Hall–Kier alpha value is -9.50. The lowest BCUT2D eigenvalue weighted by Crippen LogP contribution is -2.28. The summed E-state index contributed by atoms with van der Waals surface area (Å²) in [4.78, 5) is 4.95. The number of benzene rings is 12. The zero-order valence-corrected chi connectivity index (χ0v) is 40.6. The van der Waals surface area contributed by atoms with Gasteiger partial charge in [0.25, 0.3) is 0 Å². The average molecular weight is 941 g/mol. The van der Waals surface area contributed by atoms with E-state index in [1.54, 1.807) is 0 Å². The lowest BCUT2D eigenvalue weighted by atomic mass is 9.67. The van der Waals surface area contributed by atoms with Crippen LogP contribution in [0.1, 0.15) is 44.5 Å². The number of nitrogens with zero attached hydrogens (tertiary/aromatic N) is 2. The van der Waals surface area contributed by atoms with Gasteiger partial charge in [-0.15, -0.1) is 0 Å². The van der Waals surface area contributed by atoms with E-state index in [-0.39, 0.29) is 0 Å². The molecule has 1 atom stereocenters. The Balaban J connectivity index is 1.02. The van der Waals surface area contributed by atoms with Crippen molar-refractivity contribution in [3.63, 3.8) is 0 Å². The van der Waals surface area contributed by atoms with E-state index in [1.807, 2.05) is 0 Å². The molecular weight excluding hydrogens is 893 g/mol. The average Bonchev–Trinajstić information content (AvgIpc) is 4.10. The summed E-state index contributed by atoms with van der Waals surface area (Å²) in [5, 5.41) is 2.40. The normalized spacial score (nSPS) is 14.9. The minimum atomic E-state index is -0.600. The lowest BCUT2D eigenvalue weighted by Gasteiger charge is -2.35. The van der Waals surface area contributed by atoms with Crippen LogP contribution in [0.3, 0.4) is 0 Å². The third kappa shape index (κ3) is 5.88. The van der Waals surface area contributed by atoms with E-state index in [1.165, 1.54) is 94.3 Å². The molecule has 0 amide bonds. The van der Waals surface area contributed by atoms with Gasteiger partial charge in [0.05, 0.1) is 16.5 Å². The maximum Gasteiger partial charge on any atom is 0.0726 e. The van der Waals surface area contributed by atoms with Gasteiger partial charge in [-0.25, -0.2) is 0 Å². The van der Waals surface area contributed by atoms with E-state index in [9.17, 15) is 0 Å². The molecule has 2 heteroatoms. The van der Waals surface area contributed by atoms with Crippen molar-refractivity contribution in [3.05, 3.63) is 336 Å². The Morgan fingerprint density at radius 1 is 0.230 bits per heavy atom. The Labute approximate surface area is 432 Å². The molecule has 74 heavy (non-hydrogen) atoms. The van der Waals surface area contributed by atoms with E-state index in [2.05, 4.69) is 301 Å². The molecular formula is C72H48N2. The quantitative estimate of drug-likeness (QED) is 0.150. The fraction of sp³-hybridized carbons (Fsp3) is 0.0278. The molecule has 0 saturated carbocycles. The van der Waals surface area contributed by atoms with Gasteiger partial charge in [0.1, 0.15) is 0 Å². The molecule has 0 saturated heterocycles. The number of para-hydroxylation sites is 3. The second kappa shape index (κ2) is 16.5. The van der Waals surface area contributed by atoms with Crippen LogP contribution in [0.4, 0.5) is 34.1 Å². The summed E-state index contributed by atoms with van der Waals surface area (Å²) in [7, 11) is 0. The summed E-state index contributed by atoms with van der Waals surface area (Å²) in [5.41, 5.74) is 23.4. The molecule has 12 aromatic rings. The molecule has 3 aliphatic rings. The van der Waals surface area contributed by atoms with Crippen LogP contribution in [0.15, 0.2) is 291 Å². The lowest BCUT2D eigenvalue weighted by molar-refractivity contribution is 0.768. The molecule has 0 heterocycles. The predicted molar refractivity (Wildman–Crippen MR) is 307 cm³/mol. The Bertz CT molecular complexity index is 4050. The van der Waals surface area contributed by atoms with Gasteiger partial charge in [-0.2, -0.15) is 0 Å². The van der Waals surface area contributed by atoms with E-state index in [4.69, 9.17) is 0 Å². The minimum absolute atomic E-state index is 0.559. The van der Waals surface area contributed by atoms with Crippen LogP contribution in [0.2, 0.25) is 0 Å². The predicted octanol–water partition coefficient (Wildman–Crippen LogP) is 18.5. The Morgan fingerprint density at radius 3 is 1.26 bits per heavy atom. The van der Waals surface area contributed by atoms with Gasteiger partial charge in [0.15, 0.2) is 0 Å². The van der Waals surface area contributed by atoms with Crippen LogP contribution in [0.25, 0.3) is 44.2 Å². The standard InChI is InChI=1S/C72H48N2/c1-6-25-50(26-7-1)71(51-27-8-2-9-28-51)63-39-21-18-36-58(63)60-44-42-56(48-67(60)71)74(54-33-14-5-15-34-54)70-57-35-17-16-24-49(57)46-68-69(70)61-38-20-23-41-65(61)72(68)64-40-22-19-37-59(64)62-47-55(43-45-66(62)72)73(52-29-10-3-11-30-52)53-31-12-4-13-32-53/h1-48H. The molecule has 0 aliphatic heterocycles. The van der Waals surface area contributed by atoms with Crippen LogP contribution in [0, 0.1) is 0 Å². The van der Waals surface area contributed by atoms with Gasteiger partial charge in [-0.1, -0.05) is 224 Å². The van der Waals surface area contributed by atoms with Crippen molar-refractivity contribution in [2.45, 2.75) is 10.8 Å². The summed E-state index contributed by atoms with van der Waals surface area (Å²) in [6.07, 6.45) is 0. The highest BCUT2D eigenvalue weighted by Gasteiger charge is 2.53. The first-order valence-electron chi connectivity index (χ1n) is 25.8. The molecule has 12 aromatic carbocycles. The fourth-order valence-electron chi connectivity index (χ4n) is 13.5. The van der Waals surface area contributed by atoms with Crippen molar-refractivity contribution in [1.82, 2.24) is 0 Å². The maximum absolute atomic E-state index is 2.57. The van der Waals surface area contributed by atoms with Crippen LogP contribution >= 0.6 is 0 Å². The second-order valence-corrected chi connectivity index (χ2v) is 19.9. The van der Waals surface area contributed by atoms with Crippen LogP contribution in [0.5, 0.6) is 0 Å². The second-order valence-electron chi connectivity index (χ2n) is 19.9.